The number of carbonyl (C=O) groups excluding carboxylic acids is 3. The fourth-order valence-electron chi connectivity index (χ4n) is 5.03. The third-order valence-electron chi connectivity index (χ3n) is 7.38. The Morgan fingerprint density at radius 3 is 2.13 bits per heavy atom. The predicted octanol–water partition coefficient (Wildman–Crippen LogP) is 1.87. The second-order valence-electron chi connectivity index (χ2n) is 9.95. The molecule has 0 aromatic carbocycles. The van der Waals surface area contributed by atoms with Crippen molar-refractivity contribution in [2.24, 2.45) is 17.6 Å². The van der Waals surface area contributed by atoms with Gasteiger partial charge in [-0.1, -0.05) is 41.0 Å². The normalized spacial score (nSPS) is 20.6. The Labute approximate surface area is 228 Å². The molecule has 0 aromatic rings. The first-order valence-electron chi connectivity index (χ1n) is 13.7. The maximum atomic E-state index is 13.5. The molecule has 1 saturated heterocycles. The monoisotopic (exact) mass is 544 g/mol. The molecule has 1 heterocycles. The molecule has 11 nitrogen and oxygen atoms in total. The number of likely N-dealkylation sites (tertiary alicyclic amines) is 1. The lowest BCUT2D eigenvalue weighted by molar-refractivity contribution is -0.147. The summed E-state index contributed by atoms with van der Waals surface area (Å²) < 4.78 is 11.4. The first-order chi connectivity index (χ1) is 17.8. The molecule has 6 unspecified atom stereocenters. The van der Waals surface area contributed by atoms with Gasteiger partial charge in [0.05, 0.1) is 42.7 Å². The van der Waals surface area contributed by atoms with E-state index in [1.807, 2.05) is 27.7 Å². The summed E-state index contributed by atoms with van der Waals surface area (Å²) in [6, 6.07) is -2.39. The number of carbonyl (C=O) groups is 4. The molecule has 11 heteroatoms. The first kappa shape index (κ1) is 35.8. The SMILES string of the molecule is CC.CCC(C)C(C(CC(=O)N1CCCC1C(OC)C(C)C(=O)N[C@@H](C)C(=O)O)OC)N(C)C(=O)[C@H](C)N. The van der Waals surface area contributed by atoms with E-state index in [1.54, 1.807) is 30.7 Å². The van der Waals surface area contributed by atoms with Crippen LogP contribution in [0.1, 0.15) is 74.1 Å². The minimum absolute atomic E-state index is 0.0611. The number of amides is 3. The van der Waals surface area contributed by atoms with Gasteiger partial charge in [-0.2, -0.15) is 0 Å². The maximum absolute atomic E-state index is 13.5. The van der Waals surface area contributed by atoms with Gasteiger partial charge in [-0.25, -0.2) is 0 Å². The van der Waals surface area contributed by atoms with Crippen LogP contribution < -0.4 is 11.1 Å². The van der Waals surface area contributed by atoms with Gasteiger partial charge < -0.3 is 35.4 Å². The molecule has 1 rings (SSSR count). The molecule has 4 N–H and O–H groups in total. The number of hydrogen-bond acceptors (Lipinski definition) is 7. The Morgan fingerprint density at radius 2 is 1.68 bits per heavy atom. The molecule has 38 heavy (non-hydrogen) atoms. The summed E-state index contributed by atoms with van der Waals surface area (Å²) in [5.74, 6) is -2.54. The highest BCUT2D eigenvalue weighted by atomic mass is 16.5. The van der Waals surface area contributed by atoms with Crippen LogP contribution in [0.4, 0.5) is 0 Å². The van der Waals surface area contributed by atoms with Crippen LogP contribution in [0.2, 0.25) is 0 Å². The number of nitrogens with two attached hydrogens (primary N) is 1. The number of nitrogens with zero attached hydrogens (tertiary/aromatic N) is 2. The number of aliphatic carboxylic acids is 1. The summed E-state index contributed by atoms with van der Waals surface area (Å²) in [4.78, 5) is 53.3. The van der Waals surface area contributed by atoms with Crippen LogP contribution in [0.25, 0.3) is 0 Å². The molecular formula is C27H52N4O7. The molecule has 3 amide bonds. The van der Waals surface area contributed by atoms with Gasteiger partial charge in [0.1, 0.15) is 6.04 Å². The van der Waals surface area contributed by atoms with E-state index >= 15 is 0 Å². The number of nitrogens with one attached hydrogen (secondary N) is 1. The van der Waals surface area contributed by atoms with Crippen LogP contribution in [0.5, 0.6) is 0 Å². The standard InChI is InChI=1S/C25H46N4O7.C2H6/c1-9-14(2)21(28(6)24(32)16(4)26)19(35-7)13-20(30)29-12-10-11-18(29)22(36-8)15(3)23(31)27-17(5)25(33)34;1-2/h14-19,21-22H,9-13,26H2,1-8H3,(H,27,31)(H,33,34);1-2H3/t14?,15?,16-,17-,18?,19?,21?,22?;/m0./s1. The van der Waals surface area contributed by atoms with Crippen molar-refractivity contribution < 1.29 is 33.8 Å². The van der Waals surface area contributed by atoms with Crippen molar-refractivity contribution in [3.8, 4) is 0 Å². The molecule has 0 radical (unpaired) electrons. The Morgan fingerprint density at radius 1 is 1.11 bits per heavy atom. The van der Waals surface area contributed by atoms with E-state index in [0.717, 1.165) is 12.8 Å². The largest absolute Gasteiger partial charge is 0.480 e. The van der Waals surface area contributed by atoms with E-state index in [2.05, 4.69) is 5.32 Å². The number of hydrogen-bond donors (Lipinski definition) is 3. The third kappa shape index (κ3) is 9.50. The van der Waals surface area contributed by atoms with Crippen LogP contribution in [0.3, 0.4) is 0 Å². The number of ether oxygens (including phenoxy) is 2. The first-order valence-corrected chi connectivity index (χ1v) is 13.7. The summed E-state index contributed by atoms with van der Waals surface area (Å²) in [6.07, 6.45) is 1.11. The second-order valence-corrected chi connectivity index (χ2v) is 9.95. The zero-order chi connectivity index (χ0) is 29.7. The van der Waals surface area contributed by atoms with Crippen molar-refractivity contribution in [2.75, 3.05) is 27.8 Å². The molecule has 222 valence electrons. The zero-order valence-electron chi connectivity index (χ0n) is 25.0. The molecular weight excluding hydrogens is 492 g/mol. The molecule has 0 saturated carbocycles. The van der Waals surface area contributed by atoms with Crippen LogP contribution in [-0.4, -0.2) is 103 Å². The van der Waals surface area contributed by atoms with E-state index in [4.69, 9.17) is 20.3 Å². The molecule has 0 bridgehead atoms. The van der Waals surface area contributed by atoms with E-state index in [1.165, 1.54) is 21.1 Å². The second kappa shape index (κ2) is 17.4. The fourth-order valence-corrected chi connectivity index (χ4v) is 5.03. The lowest BCUT2D eigenvalue weighted by atomic mass is 9.90. The average Bonchev–Trinajstić information content (AvgIpc) is 3.38. The summed E-state index contributed by atoms with van der Waals surface area (Å²) in [7, 11) is 4.71. The molecule has 0 spiro atoms. The minimum Gasteiger partial charge on any atom is -0.480 e. The number of rotatable bonds is 14. The van der Waals surface area contributed by atoms with E-state index in [-0.39, 0.29) is 36.2 Å². The summed E-state index contributed by atoms with van der Waals surface area (Å²) >= 11 is 0. The molecule has 1 aliphatic rings. The number of carboxylic acid groups (broad SMARTS) is 1. The van der Waals surface area contributed by atoms with Gasteiger partial charge in [0.15, 0.2) is 0 Å². The van der Waals surface area contributed by atoms with Crippen molar-refractivity contribution >= 4 is 23.7 Å². The van der Waals surface area contributed by atoms with Crippen molar-refractivity contribution in [1.82, 2.24) is 15.1 Å². The maximum Gasteiger partial charge on any atom is 0.325 e. The van der Waals surface area contributed by atoms with E-state index in [9.17, 15) is 19.2 Å². The summed E-state index contributed by atoms with van der Waals surface area (Å²) in [5, 5.41) is 11.6. The van der Waals surface area contributed by atoms with Crippen molar-refractivity contribution in [3.05, 3.63) is 0 Å². The Bertz CT molecular complexity index is 764. The molecule has 0 aliphatic carbocycles. The van der Waals surface area contributed by atoms with Gasteiger partial charge in [-0.3, -0.25) is 19.2 Å². The fraction of sp³-hybridized carbons (Fsp3) is 0.852. The predicted molar refractivity (Wildman–Crippen MR) is 146 cm³/mol. The Hall–Kier alpha value is -2.24. The number of methoxy groups -OCH3 is 2. The lowest BCUT2D eigenvalue weighted by Crippen LogP contribution is -2.55. The van der Waals surface area contributed by atoms with Gasteiger partial charge in [0.25, 0.3) is 0 Å². The van der Waals surface area contributed by atoms with Gasteiger partial charge in [-0.15, -0.1) is 0 Å². The highest BCUT2D eigenvalue weighted by molar-refractivity contribution is 5.85. The van der Waals surface area contributed by atoms with Crippen molar-refractivity contribution in [1.29, 1.82) is 0 Å². The van der Waals surface area contributed by atoms with Crippen molar-refractivity contribution in [2.45, 2.75) is 111 Å². The lowest BCUT2D eigenvalue weighted by Gasteiger charge is -2.39. The van der Waals surface area contributed by atoms with Crippen LogP contribution in [0, 0.1) is 11.8 Å². The summed E-state index contributed by atoms with van der Waals surface area (Å²) in [6.45, 7) is 13.3. The smallest absolute Gasteiger partial charge is 0.325 e. The minimum atomic E-state index is -1.13. The Balaban J connectivity index is 0.00000667. The molecule has 1 aliphatic heterocycles. The van der Waals surface area contributed by atoms with Gasteiger partial charge in [0.2, 0.25) is 17.7 Å². The van der Waals surface area contributed by atoms with Crippen molar-refractivity contribution in [3.63, 3.8) is 0 Å². The van der Waals surface area contributed by atoms with E-state index < -0.39 is 42.1 Å². The molecule has 8 atom stereocenters. The summed E-state index contributed by atoms with van der Waals surface area (Å²) in [5.41, 5.74) is 5.84. The van der Waals surface area contributed by atoms with Crippen LogP contribution >= 0.6 is 0 Å². The third-order valence-corrected chi connectivity index (χ3v) is 7.38. The number of carboxylic acids is 1. The quantitative estimate of drug-likeness (QED) is 0.300. The zero-order valence-corrected chi connectivity index (χ0v) is 25.0. The van der Waals surface area contributed by atoms with E-state index in [0.29, 0.717) is 13.0 Å². The Kier molecular flexibility index (Phi) is 16.3. The van der Waals surface area contributed by atoms with Crippen LogP contribution in [0.15, 0.2) is 0 Å². The average molecular weight is 545 g/mol. The van der Waals surface area contributed by atoms with Crippen LogP contribution in [-0.2, 0) is 28.7 Å². The number of likely N-dealkylation sites (N-methyl/N-ethyl adjacent to an activating group) is 1. The molecule has 1 fully saturated rings. The van der Waals surface area contributed by atoms with Gasteiger partial charge >= 0.3 is 5.97 Å². The highest BCUT2D eigenvalue weighted by Crippen LogP contribution is 2.29. The highest BCUT2D eigenvalue weighted by Gasteiger charge is 2.42. The van der Waals surface area contributed by atoms with Gasteiger partial charge in [-0.05, 0) is 32.6 Å². The topological polar surface area (TPSA) is 152 Å². The van der Waals surface area contributed by atoms with Gasteiger partial charge in [0, 0.05) is 27.8 Å². The molecule has 0 aromatic heterocycles.